The summed E-state index contributed by atoms with van der Waals surface area (Å²) >= 11 is 0. The normalized spacial score (nSPS) is 13.9. The molecular formula is C41H28O. The van der Waals surface area contributed by atoms with E-state index < -0.39 is 0 Å². The van der Waals surface area contributed by atoms with E-state index in [0.717, 1.165) is 22.6 Å². The van der Waals surface area contributed by atoms with E-state index in [-0.39, 0.29) is 5.41 Å². The van der Waals surface area contributed by atoms with E-state index in [1.54, 1.807) is 0 Å². The van der Waals surface area contributed by atoms with E-state index in [1.165, 1.54) is 66.1 Å². The fourth-order valence-corrected chi connectivity index (χ4v) is 7.45. The van der Waals surface area contributed by atoms with Crippen LogP contribution in [0.15, 0.2) is 133 Å². The largest absolute Gasteiger partial charge is 0.456 e. The maximum Gasteiger partial charge on any atom is 0.135 e. The van der Waals surface area contributed by atoms with Crippen LogP contribution >= 0.6 is 0 Å². The lowest BCUT2D eigenvalue weighted by molar-refractivity contribution is 0.487. The van der Waals surface area contributed by atoms with Crippen LogP contribution in [0.1, 0.15) is 25.0 Å². The first-order chi connectivity index (χ1) is 20.6. The molecule has 1 heteroatoms. The van der Waals surface area contributed by atoms with Crippen LogP contribution in [0, 0.1) is 0 Å². The molecule has 1 heterocycles. The maximum absolute atomic E-state index is 6.64. The van der Waals surface area contributed by atoms with E-state index in [4.69, 9.17) is 4.74 Å². The molecule has 0 saturated carbocycles. The second-order valence-electron chi connectivity index (χ2n) is 12.1. The molecule has 0 bridgehead atoms. The highest BCUT2D eigenvalue weighted by Gasteiger charge is 2.37. The fourth-order valence-electron chi connectivity index (χ4n) is 7.45. The summed E-state index contributed by atoms with van der Waals surface area (Å²) in [5.74, 6) is 1.83. The van der Waals surface area contributed by atoms with Crippen molar-refractivity contribution in [1.82, 2.24) is 0 Å². The lowest BCUT2D eigenvalue weighted by Crippen LogP contribution is -2.15. The Hall–Kier alpha value is -5.14. The third-order valence-corrected chi connectivity index (χ3v) is 9.48. The first kappa shape index (κ1) is 23.6. The fraction of sp³-hybridized carbons (Fsp3) is 0.0732. The van der Waals surface area contributed by atoms with Crippen molar-refractivity contribution in [1.29, 1.82) is 0 Å². The van der Waals surface area contributed by atoms with Gasteiger partial charge in [-0.1, -0.05) is 123 Å². The molecule has 0 amide bonds. The van der Waals surface area contributed by atoms with E-state index >= 15 is 0 Å². The molecule has 2 aliphatic rings. The summed E-state index contributed by atoms with van der Waals surface area (Å²) in [6.07, 6.45) is 0. The summed E-state index contributed by atoms with van der Waals surface area (Å²) in [6, 6.07) is 48.5. The van der Waals surface area contributed by atoms with Crippen molar-refractivity contribution in [2.75, 3.05) is 0 Å². The molecule has 0 N–H and O–H groups in total. The molecule has 0 radical (unpaired) electrons. The van der Waals surface area contributed by atoms with Crippen molar-refractivity contribution in [3.63, 3.8) is 0 Å². The van der Waals surface area contributed by atoms with Gasteiger partial charge in [0.1, 0.15) is 11.5 Å². The van der Waals surface area contributed by atoms with Crippen LogP contribution < -0.4 is 4.74 Å². The lowest BCUT2D eigenvalue weighted by Gasteiger charge is -2.25. The number of hydrogen-bond acceptors (Lipinski definition) is 1. The number of hydrogen-bond donors (Lipinski definition) is 0. The molecule has 9 rings (SSSR count). The van der Waals surface area contributed by atoms with Gasteiger partial charge in [-0.3, -0.25) is 0 Å². The molecule has 1 aliphatic heterocycles. The standard InChI is InChI=1S/C41H28O/c1-41(2)35-18-9-8-15-33(35)39-30-14-7-6-13-27(30)34(24-36(39)41)28-21-22-37-40-31(28)16-10-17-32(40)29-20-19-26(23-38(29)42-37)25-11-4-3-5-12-25/h3-24H,1-2H3. The number of ether oxygens (including phenoxy) is 1. The maximum atomic E-state index is 6.64. The molecular weight excluding hydrogens is 508 g/mol. The molecule has 42 heavy (non-hydrogen) atoms. The Balaban J connectivity index is 1.29. The zero-order chi connectivity index (χ0) is 28.0. The second-order valence-corrected chi connectivity index (χ2v) is 12.1. The Labute approximate surface area is 245 Å². The molecule has 198 valence electrons. The van der Waals surface area contributed by atoms with Crippen molar-refractivity contribution >= 4 is 21.5 Å². The van der Waals surface area contributed by atoms with Crippen LogP contribution in [0.2, 0.25) is 0 Å². The summed E-state index contributed by atoms with van der Waals surface area (Å²) in [5, 5.41) is 5.01. The average Bonchev–Trinajstić information content (AvgIpc) is 3.27. The Morgan fingerprint density at radius 2 is 1.14 bits per heavy atom. The van der Waals surface area contributed by atoms with Gasteiger partial charge in [0.05, 0.1) is 0 Å². The highest BCUT2D eigenvalue weighted by atomic mass is 16.5. The van der Waals surface area contributed by atoms with Gasteiger partial charge in [0.25, 0.3) is 0 Å². The summed E-state index contributed by atoms with van der Waals surface area (Å²) < 4.78 is 6.64. The van der Waals surface area contributed by atoms with Crippen LogP contribution in [0.4, 0.5) is 0 Å². The number of benzene rings is 7. The zero-order valence-corrected chi connectivity index (χ0v) is 23.6. The lowest BCUT2D eigenvalue weighted by atomic mass is 9.80. The Morgan fingerprint density at radius 3 is 2.02 bits per heavy atom. The minimum atomic E-state index is -0.0738. The average molecular weight is 537 g/mol. The topological polar surface area (TPSA) is 9.23 Å². The molecule has 0 fully saturated rings. The smallest absolute Gasteiger partial charge is 0.135 e. The van der Waals surface area contributed by atoms with E-state index in [9.17, 15) is 0 Å². The van der Waals surface area contributed by atoms with Gasteiger partial charge in [-0.15, -0.1) is 0 Å². The second kappa shape index (κ2) is 8.44. The molecule has 1 nitrogen and oxygen atoms in total. The molecule has 0 saturated heterocycles. The molecule has 1 aliphatic carbocycles. The SMILES string of the molecule is CC1(C)c2ccccc2-c2c1cc(-c1ccc3c4c(cccc14)-c1ccc(-c4ccccc4)cc1O3)c1ccccc21. The van der Waals surface area contributed by atoms with Crippen molar-refractivity contribution in [2.24, 2.45) is 0 Å². The number of fused-ring (bicyclic) bond motifs is 7. The van der Waals surface area contributed by atoms with Crippen LogP contribution in [-0.4, -0.2) is 0 Å². The van der Waals surface area contributed by atoms with Crippen molar-refractivity contribution in [3.8, 4) is 56.0 Å². The Kier molecular flexibility index (Phi) is 4.73. The van der Waals surface area contributed by atoms with Crippen molar-refractivity contribution in [3.05, 3.63) is 145 Å². The molecule has 0 unspecified atom stereocenters. The molecule has 7 aromatic rings. The van der Waals surface area contributed by atoms with E-state index in [2.05, 4.69) is 147 Å². The first-order valence-electron chi connectivity index (χ1n) is 14.7. The highest BCUT2D eigenvalue weighted by Crippen LogP contribution is 2.55. The van der Waals surface area contributed by atoms with Crippen molar-refractivity contribution in [2.45, 2.75) is 19.3 Å². The van der Waals surface area contributed by atoms with Gasteiger partial charge in [0.15, 0.2) is 0 Å². The Bertz CT molecular complexity index is 2240. The van der Waals surface area contributed by atoms with Gasteiger partial charge in [0, 0.05) is 16.4 Å². The van der Waals surface area contributed by atoms with Crippen LogP contribution in [0.5, 0.6) is 11.5 Å². The minimum absolute atomic E-state index is 0.0738. The van der Waals surface area contributed by atoms with Crippen LogP contribution in [0.25, 0.3) is 66.1 Å². The quantitative estimate of drug-likeness (QED) is 0.213. The van der Waals surface area contributed by atoms with Gasteiger partial charge < -0.3 is 4.74 Å². The van der Waals surface area contributed by atoms with Crippen LogP contribution in [0.3, 0.4) is 0 Å². The zero-order valence-electron chi connectivity index (χ0n) is 23.6. The monoisotopic (exact) mass is 536 g/mol. The summed E-state index contributed by atoms with van der Waals surface area (Å²) in [4.78, 5) is 0. The highest BCUT2D eigenvalue weighted by molar-refractivity contribution is 6.15. The Morgan fingerprint density at radius 1 is 0.429 bits per heavy atom. The summed E-state index contributed by atoms with van der Waals surface area (Å²) in [7, 11) is 0. The predicted octanol–water partition coefficient (Wildman–Crippen LogP) is 11.4. The van der Waals surface area contributed by atoms with Gasteiger partial charge in [0.2, 0.25) is 0 Å². The summed E-state index contributed by atoms with van der Waals surface area (Å²) in [6.45, 7) is 4.73. The molecule has 7 aromatic carbocycles. The third-order valence-electron chi connectivity index (χ3n) is 9.48. The summed E-state index contributed by atoms with van der Waals surface area (Å²) in [5.41, 5.74) is 12.7. The van der Waals surface area contributed by atoms with Gasteiger partial charge in [-0.25, -0.2) is 0 Å². The van der Waals surface area contributed by atoms with Crippen molar-refractivity contribution < 1.29 is 4.74 Å². The minimum Gasteiger partial charge on any atom is -0.456 e. The van der Waals surface area contributed by atoms with Crippen LogP contribution in [-0.2, 0) is 5.41 Å². The molecule has 0 spiro atoms. The number of rotatable bonds is 2. The van der Waals surface area contributed by atoms with Gasteiger partial charge >= 0.3 is 0 Å². The third kappa shape index (κ3) is 3.14. The van der Waals surface area contributed by atoms with E-state index in [1.807, 2.05) is 0 Å². The molecule has 0 aromatic heterocycles. The van der Waals surface area contributed by atoms with Gasteiger partial charge in [-0.2, -0.15) is 0 Å². The molecule has 0 atom stereocenters. The first-order valence-corrected chi connectivity index (χ1v) is 14.7. The van der Waals surface area contributed by atoms with Gasteiger partial charge in [-0.05, 0) is 90.5 Å². The predicted molar refractivity (Wildman–Crippen MR) is 175 cm³/mol. The van der Waals surface area contributed by atoms with E-state index in [0.29, 0.717) is 0 Å².